The number of methoxy groups -OCH3 is 1. The molecule has 0 aromatic carbocycles. The first-order valence-electron chi connectivity index (χ1n) is 5.75. The van der Waals surface area contributed by atoms with Crippen molar-refractivity contribution in [2.24, 2.45) is 0 Å². The molecular formula is C11H22N2O. The normalized spacial score (nSPS) is 40.3. The standard InChI is InChI=1S/C11H22N2O/c1-13-8-4-3-5-10(13)11(14-2)6-7-12-9-11/h10,12H,3-9H2,1-2H3. The van der Waals surface area contributed by atoms with Crippen molar-refractivity contribution in [1.29, 1.82) is 0 Å². The van der Waals surface area contributed by atoms with E-state index in [1.54, 1.807) is 0 Å². The topological polar surface area (TPSA) is 24.5 Å². The van der Waals surface area contributed by atoms with Gasteiger partial charge in [0.15, 0.2) is 0 Å². The minimum Gasteiger partial charge on any atom is -0.375 e. The average molecular weight is 198 g/mol. The van der Waals surface area contributed by atoms with Crippen molar-refractivity contribution in [3.63, 3.8) is 0 Å². The van der Waals surface area contributed by atoms with Crippen LogP contribution in [-0.4, -0.2) is 50.3 Å². The molecule has 0 saturated carbocycles. The van der Waals surface area contributed by atoms with Crippen LogP contribution in [-0.2, 0) is 4.74 Å². The Balaban J connectivity index is 2.09. The molecule has 3 heteroatoms. The molecule has 2 atom stereocenters. The lowest BCUT2D eigenvalue weighted by Gasteiger charge is -2.43. The van der Waals surface area contributed by atoms with Crippen molar-refractivity contribution in [3.8, 4) is 0 Å². The van der Waals surface area contributed by atoms with Crippen molar-refractivity contribution < 1.29 is 4.74 Å². The molecule has 2 fully saturated rings. The highest BCUT2D eigenvalue weighted by Gasteiger charge is 2.44. The van der Waals surface area contributed by atoms with E-state index in [0.717, 1.165) is 13.1 Å². The Bertz CT molecular complexity index is 190. The second-order valence-corrected chi connectivity index (χ2v) is 4.69. The number of rotatable bonds is 2. The van der Waals surface area contributed by atoms with Crippen LogP contribution in [0.25, 0.3) is 0 Å². The molecule has 0 aliphatic carbocycles. The van der Waals surface area contributed by atoms with E-state index in [1.165, 1.54) is 32.2 Å². The monoisotopic (exact) mass is 198 g/mol. The SMILES string of the molecule is COC1(C2CCCCN2C)CCNC1. The van der Waals surface area contributed by atoms with E-state index in [9.17, 15) is 0 Å². The summed E-state index contributed by atoms with van der Waals surface area (Å²) in [5, 5.41) is 3.43. The summed E-state index contributed by atoms with van der Waals surface area (Å²) in [5.74, 6) is 0. The number of likely N-dealkylation sites (tertiary alicyclic amines) is 1. The number of hydrogen-bond acceptors (Lipinski definition) is 3. The minimum atomic E-state index is 0.0924. The molecule has 0 aromatic heterocycles. The van der Waals surface area contributed by atoms with Crippen LogP contribution in [0.1, 0.15) is 25.7 Å². The van der Waals surface area contributed by atoms with Gasteiger partial charge < -0.3 is 15.0 Å². The molecule has 0 amide bonds. The van der Waals surface area contributed by atoms with Gasteiger partial charge in [-0.1, -0.05) is 6.42 Å². The number of nitrogens with zero attached hydrogens (tertiary/aromatic N) is 1. The van der Waals surface area contributed by atoms with Gasteiger partial charge in [-0.2, -0.15) is 0 Å². The molecule has 2 unspecified atom stereocenters. The van der Waals surface area contributed by atoms with Crippen molar-refractivity contribution in [3.05, 3.63) is 0 Å². The van der Waals surface area contributed by atoms with Gasteiger partial charge >= 0.3 is 0 Å². The number of ether oxygens (including phenoxy) is 1. The molecule has 0 aromatic rings. The molecular weight excluding hydrogens is 176 g/mol. The summed E-state index contributed by atoms with van der Waals surface area (Å²) >= 11 is 0. The third kappa shape index (κ3) is 1.69. The van der Waals surface area contributed by atoms with Crippen LogP contribution in [0.3, 0.4) is 0 Å². The first-order chi connectivity index (χ1) is 6.78. The molecule has 0 radical (unpaired) electrons. The van der Waals surface area contributed by atoms with Crippen LogP contribution in [0.2, 0.25) is 0 Å². The zero-order valence-electron chi connectivity index (χ0n) is 9.38. The van der Waals surface area contributed by atoms with Gasteiger partial charge in [-0.25, -0.2) is 0 Å². The molecule has 2 aliphatic heterocycles. The van der Waals surface area contributed by atoms with Crippen LogP contribution < -0.4 is 5.32 Å². The summed E-state index contributed by atoms with van der Waals surface area (Å²) in [7, 11) is 4.11. The van der Waals surface area contributed by atoms with Crippen LogP contribution in [0.4, 0.5) is 0 Å². The van der Waals surface area contributed by atoms with Crippen molar-refractivity contribution >= 4 is 0 Å². The van der Waals surface area contributed by atoms with Crippen LogP contribution in [0.5, 0.6) is 0 Å². The lowest BCUT2D eigenvalue weighted by molar-refractivity contribution is -0.0700. The van der Waals surface area contributed by atoms with Gasteiger partial charge in [-0.15, -0.1) is 0 Å². The molecule has 0 bridgehead atoms. The highest BCUT2D eigenvalue weighted by atomic mass is 16.5. The number of piperidine rings is 1. The third-order valence-corrected chi connectivity index (χ3v) is 3.93. The Morgan fingerprint density at radius 3 is 2.86 bits per heavy atom. The largest absolute Gasteiger partial charge is 0.375 e. The molecule has 1 N–H and O–H groups in total. The van der Waals surface area contributed by atoms with Crippen LogP contribution in [0, 0.1) is 0 Å². The Morgan fingerprint density at radius 1 is 1.43 bits per heavy atom. The molecule has 3 nitrogen and oxygen atoms in total. The smallest absolute Gasteiger partial charge is 0.0968 e. The van der Waals surface area contributed by atoms with Crippen LogP contribution in [0.15, 0.2) is 0 Å². The predicted octanol–water partition coefficient (Wildman–Crippen LogP) is 0.849. The molecule has 0 spiro atoms. The zero-order valence-corrected chi connectivity index (χ0v) is 9.38. The maximum atomic E-state index is 5.80. The van der Waals surface area contributed by atoms with E-state index in [4.69, 9.17) is 4.74 Å². The second kappa shape index (κ2) is 4.17. The highest BCUT2D eigenvalue weighted by Crippen LogP contribution is 2.32. The predicted molar refractivity (Wildman–Crippen MR) is 57.5 cm³/mol. The second-order valence-electron chi connectivity index (χ2n) is 4.69. The van der Waals surface area contributed by atoms with Gasteiger partial charge in [0.1, 0.15) is 0 Å². The molecule has 2 aliphatic rings. The summed E-state index contributed by atoms with van der Waals surface area (Å²) in [6.07, 6.45) is 5.17. The Kier molecular flexibility index (Phi) is 3.10. The Labute approximate surface area is 86.8 Å². The van der Waals surface area contributed by atoms with E-state index in [0.29, 0.717) is 6.04 Å². The number of nitrogens with one attached hydrogen (secondary N) is 1. The van der Waals surface area contributed by atoms with E-state index >= 15 is 0 Å². The summed E-state index contributed by atoms with van der Waals surface area (Å²) < 4.78 is 5.80. The lowest BCUT2D eigenvalue weighted by Crippen LogP contribution is -2.55. The molecule has 2 saturated heterocycles. The average Bonchev–Trinajstić information content (AvgIpc) is 2.68. The zero-order chi connectivity index (χ0) is 10.0. The van der Waals surface area contributed by atoms with Gasteiger partial charge in [-0.05, 0) is 39.4 Å². The first kappa shape index (κ1) is 10.4. The lowest BCUT2D eigenvalue weighted by atomic mass is 9.85. The van der Waals surface area contributed by atoms with Gasteiger partial charge in [0.25, 0.3) is 0 Å². The molecule has 2 heterocycles. The summed E-state index contributed by atoms with van der Waals surface area (Å²) in [6, 6.07) is 0.622. The van der Waals surface area contributed by atoms with E-state index in [1.807, 2.05) is 7.11 Å². The van der Waals surface area contributed by atoms with Gasteiger partial charge in [0, 0.05) is 19.7 Å². The summed E-state index contributed by atoms with van der Waals surface area (Å²) in [6.45, 7) is 3.37. The maximum absolute atomic E-state index is 5.80. The fourth-order valence-corrected chi connectivity index (χ4v) is 3.02. The van der Waals surface area contributed by atoms with E-state index in [-0.39, 0.29) is 5.60 Å². The number of likely N-dealkylation sites (N-methyl/N-ethyl adjacent to an activating group) is 1. The van der Waals surface area contributed by atoms with Crippen molar-refractivity contribution in [2.75, 3.05) is 33.8 Å². The van der Waals surface area contributed by atoms with E-state index < -0.39 is 0 Å². The third-order valence-electron chi connectivity index (χ3n) is 3.93. The summed E-state index contributed by atoms with van der Waals surface area (Å²) in [5.41, 5.74) is 0.0924. The van der Waals surface area contributed by atoms with Crippen molar-refractivity contribution in [1.82, 2.24) is 10.2 Å². The van der Waals surface area contributed by atoms with E-state index in [2.05, 4.69) is 17.3 Å². The first-order valence-corrected chi connectivity index (χ1v) is 5.75. The van der Waals surface area contributed by atoms with Crippen LogP contribution >= 0.6 is 0 Å². The molecule has 14 heavy (non-hydrogen) atoms. The van der Waals surface area contributed by atoms with Gasteiger partial charge in [-0.3, -0.25) is 0 Å². The Morgan fingerprint density at radius 2 is 2.29 bits per heavy atom. The van der Waals surface area contributed by atoms with Crippen molar-refractivity contribution in [2.45, 2.75) is 37.3 Å². The minimum absolute atomic E-state index is 0.0924. The molecule has 82 valence electrons. The highest BCUT2D eigenvalue weighted by molar-refractivity contribution is 5.00. The quantitative estimate of drug-likeness (QED) is 0.712. The van der Waals surface area contributed by atoms with Gasteiger partial charge in [0.2, 0.25) is 0 Å². The number of hydrogen-bond donors (Lipinski definition) is 1. The molecule has 2 rings (SSSR count). The fraction of sp³-hybridized carbons (Fsp3) is 1.00. The maximum Gasteiger partial charge on any atom is 0.0968 e. The fourth-order valence-electron chi connectivity index (χ4n) is 3.02. The Hall–Kier alpha value is -0.120. The van der Waals surface area contributed by atoms with Gasteiger partial charge in [0.05, 0.1) is 5.60 Å². The summed E-state index contributed by atoms with van der Waals surface area (Å²) in [4.78, 5) is 2.49.